The molecule has 0 amide bonds. The summed E-state index contributed by atoms with van der Waals surface area (Å²) in [4.78, 5) is 0. The maximum atomic E-state index is 10.6. The zero-order valence-corrected chi connectivity index (χ0v) is 14.6. The Balaban J connectivity index is 1.76. The molecule has 0 radical (unpaired) electrons. The van der Waals surface area contributed by atoms with Crippen molar-refractivity contribution in [2.75, 3.05) is 0 Å². The fourth-order valence-electron chi connectivity index (χ4n) is 3.14. The molecule has 6 heteroatoms. The van der Waals surface area contributed by atoms with E-state index in [1.54, 1.807) is 13.8 Å². The molecule has 134 valence electrons. The molecule has 2 heterocycles. The van der Waals surface area contributed by atoms with Crippen LogP contribution in [0.4, 0.5) is 0 Å². The first kappa shape index (κ1) is 17.8. The Morgan fingerprint density at radius 1 is 1.25 bits per heavy atom. The number of aliphatic hydroxyl groups is 1. The molecule has 1 unspecified atom stereocenters. The number of benzene rings is 1. The molecule has 1 aromatic carbocycles. The Kier molecular flexibility index (Phi) is 4.72. The molecule has 6 nitrogen and oxygen atoms in total. The highest BCUT2D eigenvalue weighted by Gasteiger charge is 2.58. The second-order valence-corrected chi connectivity index (χ2v) is 7.60. The monoisotopic (exact) mass is 337 g/mol. The number of hydrogen-bond acceptors (Lipinski definition) is 6. The van der Waals surface area contributed by atoms with Crippen LogP contribution in [0.2, 0.25) is 0 Å². The summed E-state index contributed by atoms with van der Waals surface area (Å²) in [6.45, 7) is 7.59. The molecule has 0 spiro atoms. The lowest BCUT2D eigenvalue weighted by atomic mass is 9.91. The van der Waals surface area contributed by atoms with Crippen molar-refractivity contribution in [1.82, 2.24) is 0 Å². The highest BCUT2D eigenvalue weighted by molar-refractivity contribution is 5.13. The maximum absolute atomic E-state index is 10.6. The molecule has 5 atom stereocenters. The average molecular weight is 337 g/mol. The molecule has 3 rings (SSSR count). The summed E-state index contributed by atoms with van der Waals surface area (Å²) in [7, 11) is 0. The summed E-state index contributed by atoms with van der Waals surface area (Å²) in [5.74, 6) is -0.738. The smallest absolute Gasteiger partial charge is 0.190 e. The van der Waals surface area contributed by atoms with Gasteiger partial charge in [-0.25, -0.2) is 0 Å². The highest BCUT2D eigenvalue weighted by atomic mass is 16.8. The van der Waals surface area contributed by atoms with Crippen molar-refractivity contribution in [3.8, 4) is 0 Å². The fourth-order valence-corrected chi connectivity index (χ4v) is 3.14. The van der Waals surface area contributed by atoms with E-state index in [9.17, 15) is 5.11 Å². The van der Waals surface area contributed by atoms with Crippen molar-refractivity contribution < 1.29 is 24.1 Å². The van der Waals surface area contributed by atoms with Crippen LogP contribution >= 0.6 is 0 Å². The van der Waals surface area contributed by atoms with Gasteiger partial charge in [0.15, 0.2) is 12.1 Å². The van der Waals surface area contributed by atoms with Crippen LogP contribution in [-0.4, -0.2) is 47.1 Å². The molecule has 1 aromatic rings. The van der Waals surface area contributed by atoms with Crippen molar-refractivity contribution in [3.63, 3.8) is 0 Å². The largest absolute Gasteiger partial charge is 0.388 e. The van der Waals surface area contributed by atoms with Crippen LogP contribution in [-0.2, 0) is 25.6 Å². The Morgan fingerprint density at radius 3 is 2.54 bits per heavy atom. The SMILES string of the molecule is CC1(C)O[C@H]2O[C@H](C(O)C(C)(C)N)[C@H](OCc3ccccc3)[C@H]2O1. The number of nitrogens with two attached hydrogens (primary N) is 1. The van der Waals surface area contributed by atoms with E-state index in [1.807, 2.05) is 44.2 Å². The zero-order valence-electron chi connectivity index (χ0n) is 14.6. The zero-order chi connectivity index (χ0) is 17.5. The molecular formula is C18H27NO5. The lowest BCUT2D eigenvalue weighted by Crippen LogP contribution is -2.55. The third-order valence-corrected chi connectivity index (χ3v) is 4.39. The van der Waals surface area contributed by atoms with Gasteiger partial charge in [0, 0.05) is 5.54 Å². The molecule has 2 aliphatic rings. The van der Waals surface area contributed by atoms with Gasteiger partial charge in [-0.15, -0.1) is 0 Å². The van der Waals surface area contributed by atoms with Gasteiger partial charge in [0.25, 0.3) is 0 Å². The van der Waals surface area contributed by atoms with Gasteiger partial charge < -0.3 is 29.8 Å². The lowest BCUT2D eigenvalue weighted by molar-refractivity contribution is -0.233. The number of fused-ring (bicyclic) bond motifs is 1. The van der Waals surface area contributed by atoms with E-state index in [4.69, 9.17) is 24.7 Å². The minimum Gasteiger partial charge on any atom is -0.388 e. The van der Waals surface area contributed by atoms with E-state index in [2.05, 4.69) is 0 Å². The molecule has 24 heavy (non-hydrogen) atoms. The summed E-state index contributed by atoms with van der Waals surface area (Å²) in [5.41, 5.74) is 6.28. The molecule has 2 aliphatic heterocycles. The van der Waals surface area contributed by atoms with Gasteiger partial charge in [-0.1, -0.05) is 30.3 Å². The molecule has 3 N–H and O–H groups in total. The van der Waals surface area contributed by atoms with E-state index in [-0.39, 0.29) is 0 Å². The van der Waals surface area contributed by atoms with E-state index < -0.39 is 42.0 Å². The highest BCUT2D eigenvalue weighted by Crippen LogP contribution is 2.40. The Bertz CT molecular complexity index is 556. The minimum atomic E-state index is -0.904. The molecular weight excluding hydrogens is 310 g/mol. The van der Waals surface area contributed by atoms with Gasteiger partial charge in [0.1, 0.15) is 24.4 Å². The molecule has 0 bridgehead atoms. The number of rotatable bonds is 5. The first-order chi connectivity index (χ1) is 11.2. The van der Waals surface area contributed by atoms with E-state index in [0.717, 1.165) is 5.56 Å². The third-order valence-electron chi connectivity index (χ3n) is 4.39. The first-order valence-corrected chi connectivity index (χ1v) is 8.31. The van der Waals surface area contributed by atoms with Crippen LogP contribution in [0.3, 0.4) is 0 Å². The van der Waals surface area contributed by atoms with Gasteiger partial charge in [-0.3, -0.25) is 0 Å². The first-order valence-electron chi connectivity index (χ1n) is 8.31. The van der Waals surface area contributed by atoms with Gasteiger partial charge in [0.2, 0.25) is 0 Å². The minimum absolute atomic E-state index is 0.397. The summed E-state index contributed by atoms with van der Waals surface area (Å²) in [6, 6.07) is 9.85. The second kappa shape index (κ2) is 6.37. The van der Waals surface area contributed by atoms with Crippen molar-refractivity contribution in [1.29, 1.82) is 0 Å². The van der Waals surface area contributed by atoms with Gasteiger partial charge in [-0.2, -0.15) is 0 Å². The predicted molar refractivity (Wildman–Crippen MR) is 88.0 cm³/mol. The summed E-state index contributed by atoms with van der Waals surface area (Å²) >= 11 is 0. The summed E-state index contributed by atoms with van der Waals surface area (Å²) in [5, 5.41) is 10.6. The lowest BCUT2D eigenvalue weighted by Gasteiger charge is -2.34. The average Bonchev–Trinajstić information content (AvgIpc) is 2.96. The molecule has 0 aromatic heterocycles. The van der Waals surface area contributed by atoms with Crippen LogP contribution in [0, 0.1) is 0 Å². The topological polar surface area (TPSA) is 83.2 Å². The van der Waals surface area contributed by atoms with Gasteiger partial charge >= 0.3 is 0 Å². The summed E-state index contributed by atoms with van der Waals surface area (Å²) in [6.07, 6.45) is -2.94. The van der Waals surface area contributed by atoms with Crippen molar-refractivity contribution in [2.24, 2.45) is 5.73 Å². The second-order valence-electron chi connectivity index (χ2n) is 7.60. The Hall–Kier alpha value is -1.02. The quantitative estimate of drug-likeness (QED) is 0.848. The van der Waals surface area contributed by atoms with Gasteiger partial charge in [0.05, 0.1) is 6.61 Å². The van der Waals surface area contributed by atoms with Crippen molar-refractivity contribution >= 4 is 0 Å². The van der Waals surface area contributed by atoms with Gasteiger partial charge in [-0.05, 0) is 33.3 Å². The van der Waals surface area contributed by atoms with Crippen molar-refractivity contribution in [3.05, 3.63) is 35.9 Å². The number of ether oxygens (including phenoxy) is 4. The molecule has 0 aliphatic carbocycles. The third kappa shape index (κ3) is 3.64. The van der Waals surface area contributed by atoms with Crippen LogP contribution in [0.25, 0.3) is 0 Å². The Morgan fingerprint density at radius 2 is 1.92 bits per heavy atom. The Labute approximate surface area is 142 Å². The van der Waals surface area contributed by atoms with E-state index in [0.29, 0.717) is 6.61 Å². The molecule has 2 fully saturated rings. The normalized spacial score (nSPS) is 33.4. The van der Waals surface area contributed by atoms with E-state index >= 15 is 0 Å². The van der Waals surface area contributed by atoms with Crippen LogP contribution < -0.4 is 5.73 Å². The number of aliphatic hydroxyl groups excluding tert-OH is 1. The predicted octanol–water partition coefficient (Wildman–Crippen LogP) is 1.55. The van der Waals surface area contributed by atoms with Crippen LogP contribution in [0.1, 0.15) is 33.3 Å². The fraction of sp³-hybridized carbons (Fsp3) is 0.667. The van der Waals surface area contributed by atoms with Crippen LogP contribution in [0.5, 0.6) is 0 Å². The maximum Gasteiger partial charge on any atom is 0.190 e. The van der Waals surface area contributed by atoms with E-state index in [1.165, 1.54) is 0 Å². The molecule has 0 saturated carbocycles. The summed E-state index contributed by atoms with van der Waals surface area (Å²) < 4.78 is 23.7. The van der Waals surface area contributed by atoms with Crippen LogP contribution in [0.15, 0.2) is 30.3 Å². The standard InChI is InChI=1S/C18H27NO5/c1-17(2,19)15(20)13-12(21-10-11-8-6-5-7-9-11)14-16(22-13)24-18(3,4)23-14/h5-9,12-16,20H,10,19H2,1-4H3/t12-,13-,14+,15?,16+/m0/s1. The van der Waals surface area contributed by atoms with Crippen molar-refractivity contribution in [2.45, 2.75) is 76.3 Å². The molecule has 2 saturated heterocycles. The number of hydrogen-bond donors (Lipinski definition) is 2.